The van der Waals surface area contributed by atoms with Crippen LogP contribution in [0.1, 0.15) is 59.4 Å². The number of aliphatic hydroxyl groups excluding tert-OH is 2. The normalized spacial score (nSPS) is 23.9. The molecule has 1 fully saturated rings. The lowest BCUT2D eigenvalue weighted by Gasteiger charge is -2.17. The Morgan fingerprint density at radius 2 is 1.73 bits per heavy atom. The second-order valence-corrected chi connectivity index (χ2v) is 13.1. The third kappa shape index (κ3) is 5.30. The van der Waals surface area contributed by atoms with Crippen LogP contribution in [0.2, 0.25) is 0 Å². The Balaban J connectivity index is 1.45. The van der Waals surface area contributed by atoms with Crippen LogP contribution in [0.3, 0.4) is 0 Å². The van der Waals surface area contributed by atoms with Gasteiger partial charge in [0.25, 0.3) is 0 Å². The molecular formula is C40H40N4O4. The van der Waals surface area contributed by atoms with Gasteiger partial charge in [0.05, 0.1) is 47.4 Å². The van der Waals surface area contributed by atoms with Crippen LogP contribution in [-0.2, 0) is 9.53 Å². The van der Waals surface area contributed by atoms with Crippen molar-refractivity contribution in [3.8, 4) is 0 Å². The molecule has 0 radical (unpaired) electrons. The molecule has 1 aromatic rings. The Kier molecular flexibility index (Phi) is 8.00. The van der Waals surface area contributed by atoms with E-state index < -0.39 is 6.10 Å². The van der Waals surface area contributed by atoms with E-state index in [1.54, 1.807) is 6.92 Å². The minimum Gasteiger partial charge on any atom is -0.511 e. The third-order valence-corrected chi connectivity index (χ3v) is 10.2. The summed E-state index contributed by atoms with van der Waals surface area (Å²) in [6, 6.07) is 10.1. The molecule has 6 aliphatic rings. The molecule has 1 unspecified atom stereocenters. The van der Waals surface area contributed by atoms with E-state index in [1.807, 2.05) is 44.2 Å². The third-order valence-electron chi connectivity index (χ3n) is 10.2. The van der Waals surface area contributed by atoms with Crippen LogP contribution in [0.5, 0.6) is 0 Å². The van der Waals surface area contributed by atoms with E-state index in [1.165, 1.54) is 7.11 Å². The molecule has 5 heterocycles. The Morgan fingerprint density at radius 1 is 1.00 bits per heavy atom. The highest BCUT2D eigenvalue weighted by molar-refractivity contribution is 6.21. The predicted molar refractivity (Wildman–Crippen MR) is 190 cm³/mol. The molecule has 0 spiro atoms. The van der Waals surface area contributed by atoms with E-state index in [2.05, 4.69) is 49.5 Å². The molecule has 3 atom stereocenters. The Hall–Kier alpha value is -5.08. The molecule has 1 aliphatic carbocycles. The van der Waals surface area contributed by atoms with Crippen molar-refractivity contribution in [3.05, 3.63) is 133 Å². The zero-order valence-electron chi connectivity index (χ0n) is 28.2. The second-order valence-electron chi connectivity index (χ2n) is 13.1. The Morgan fingerprint density at radius 3 is 2.46 bits per heavy atom. The number of fused-ring (bicyclic) bond motifs is 5. The first-order chi connectivity index (χ1) is 23.0. The summed E-state index contributed by atoms with van der Waals surface area (Å²) in [5, 5.41) is 26.0. The number of allylic oxidation sites excluding steroid dienone is 11. The minimum absolute atomic E-state index is 0.0275. The van der Waals surface area contributed by atoms with Gasteiger partial charge in [0, 0.05) is 58.4 Å². The Bertz CT molecular complexity index is 2040. The summed E-state index contributed by atoms with van der Waals surface area (Å²) in [6.45, 7) is 9.96. The molecule has 8 nitrogen and oxygen atoms in total. The Labute approximate surface area is 281 Å². The lowest BCUT2D eigenvalue weighted by atomic mass is 9.86. The average molecular weight is 641 g/mol. The quantitative estimate of drug-likeness (QED) is 0.283. The van der Waals surface area contributed by atoms with Crippen molar-refractivity contribution in [2.24, 2.45) is 26.8 Å². The van der Waals surface area contributed by atoms with Crippen LogP contribution in [0, 0.1) is 11.8 Å². The van der Waals surface area contributed by atoms with Gasteiger partial charge in [-0.05, 0) is 74.6 Å². The number of nitrogens with one attached hydrogen (secondary N) is 1. The molecule has 5 aliphatic heterocycles. The average Bonchev–Trinajstić information content (AvgIpc) is 3.82. The maximum Gasteiger partial charge on any atom is 0.305 e. The van der Waals surface area contributed by atoms with E-state index in [0.29, 0.717) is 24.3 Å². The summed E-state index contributed by atoms with van der Waals surface area (Å²) in [5.41, 5.74) is 13.7. The number of esters is 1. The number of rotatable bonds is 6. The molecule has 7 rings (SSSR count). The summed E-state index contributed by atoms with van der Waals surface area (Å²) in [4.78, 5) is 27.6. The van der Waals surface area contributed by atoms with Crippen LogP contribution in [-0.4, -0.2) is 46.5 Å². The van der Waals surface area contributed by atoms with Crippen molar-refractivity contribution in [1.82, 2.24) is 5.32 Å². The summed E-state index contributed by atoms with van der Waals surface area (Å²) in [6.07, 6.45) is 10.7. The van der Waals surface area contributed by atoms with Crippen molar-refractivity contribution >= 4 is 29.2 Å². The van der Waals surface area contributed by atoms with Crippen molar-refractivity contribution in [3.63, 3.8) is 0 Å². The molecule has 244 valence electrons. The maximum absolute atomic E-state index is 12.3. The molecule has 8 heteroatoms. The number of hydrogen-bond acceptors (Lipinski definition) is 8. The number of aliphatic hydroxyl groups is 2. The minimum atomic E-state index is -0.735. The first kappa shape index (κ1) is 31.5. The van der Waals surface area contributed by atoms with Gasteiger partial charge in [-0.2, -0.15) is 0 Å². The molecule has 0 amide bonds. The molecule has 1 saturated heterocycles. The molecule has 0 saturated carbocycles. The molecule has 0 aromatic heterocycles. The van der Waals surface area contributed by atoms with Gasteiger partial charge in [-0.3, -0.25) is 4.79 Å². The van der Waals surface area contributed by atoms with Gasteiger partial charge >= 0.3 is 5.97 Å². The van der Waals surface area contributed by atoms with Crippen LogP contribution < -0.4 is 5.32 Å². The SMILES string of the molecule is COC(=O)CC[C@@H]1C2=C3CC(O)=C4C3=NC(=C4C)C=C3N=C(C=C4N=C(C=C(N2)[C@H]1C)C(C)=C4C(C)O)C(C)=C3/C=C/c1ccccc1. The van der Waals surface area contributed by atoms with Crippen molar-refractivity contribution < 1.29 is 19.7 Å². The highest BCUT2D eigenvalue weighted by atomic mass is 16.5. The van der Waals surface area contributed by atoms with Crippen LogP contribution >= 0.6 is 0 Å². The maximum atomic E-state index is 12.3. The van der Waals surface area contributed by atoms with Crippen molar-refractivity contribution in [2.75, 3.05) is 7.11 Å². The number of nitrogens with zero attached hydrogens (tertiary/aromatic N) is 3. The smallest absolute Gasteiger partial charge is 0.305 e. The van der Waals surface area contributed by atoms with Gasteiger partial charge in [-0.15, -0.1) is 0 Å². The first-order valence-electron chi connectivity index (χ1n) is 16.5. The number of hydrogen-bond donors (Lipinski definition) is 3. The van der Waals surface area contributed by atoms with E-state index in [9.17, 15) is 15.0 Å². The highest BCUT2D eigenvalue weighted by Crippen LogP contribution is 2.46. The van der Waals surface area contributed by atoms with Crippen LogP contribution in [0.4, 0.5) is 0 Å². The van der Waals surface area contributed by atoms with Gasteiger partial charge < -0.3 is 20.3 Å². The first-order valence-corrected chi connectivity index (χ1v) is 16.5. The van der Waals surface area contributed by atoms with Gasteiger partial charge in [-0.25, -0.2) is 15.0 Å². The monoisotopic (exact) mass is 640 g/mol. The van der Waals surface area contributed by atoms with Gasteiger partial charge in [-0.1, -0.05) is 49.4 Å². The zero-order chi connectivity index (χ0) is 33.9. The van der Waals surface area contributed by atoms with Gasteiger partial charge in [0.15, 0.2) is 0 Å². The fourth-order valence-electron chi connectivity index (χ4n) is 7.50. The van der Waals surface area contributed by atoms with Crippen LogP contribution in [0.25, 0.3) is 6.08 Å². The van der Waals surface area contributed by atoms with E-state index in [4.69, 9.17) is 19.7 Å². The molecular weight excluding hydrogens is 600 g/mol. The van der Waals surface area contributed by atoms with Crippen molar-refractivity contribution in [1.29, 1.82) is 0 Å². The number of methoxy groups -OCH3 is 1. The molecule has 8 bridgehead atoms. The van der Waals surface area contributed by atoms with E-state index >= 15 is 0 Å². The fourth-order valence-corrected chi connectivity index (χ4v) is 7.50. The number of aliphatic imine (C=N–C) groups is 3. The van der Waals surface area contributed by atoms with E-state index in [0.717, 1.165) is 84.5 Å². The van der Waals surface area contributed by atoms with Gasteiger partial charge in [0.1, 0.15) is 5.76 Å². The topological polar surface area (TPSA) is 116 Å². The van der Waals surface area contributed by atoms with Crippen LogP contribution in [0.15, 0.2) is 143 Å². The summed E-state index contributed by atoms with van der Waals surface area (Å²) < 4.78 is 4.99. The highest BCUT2D eigenvalue weighted by Gasteiger charge is 2.41. The number of benzene rings is 1. The second kappa shape index (κ2) is 12.2. The number of ether oxygens (including phenoxy) is 1. The molecule has 48 heavy (non-hydrogen) atoms. The predicted octanol–water partition coefficient (Wildman–Crippen LogP) is 7.30. The zero-order valence-corrected chi connectivity index (χ0v) is 28.2. The largest absolute Gasteiger partial charge is 0.511 e. The van der Waals surface area contributed by atoms with E-state index in [-0.39, 0.29) is 24.2 Å². The molecule has 1 aromatic carbocycles. The number of carbonyl (C=O) groups is 1. The summed E-state index contributed by atoms with van der Waals surface area (Å²) in [5.74, 6) is 0.0337. The summed E-state index contributed by atoms with van der Waals surface area (Å²) in [7, 11) is 1.41. The summed E-state index contributed by atoms with van der Waals surface area (Å²) >= 11 is 0. The lowest BCUT2D eigenvalue weighted by molar-refractivity contribution is -0.140. The fraction of sp³-hybridized carbons (Fsp3) is 0.300. The molecule has 3 N–H and O–H groups in total. The lowest BCUT2D eigenvalue weighted by Crippen LogP contribution is -2.16. The standard InChI is InChI=1S/C40H40N4O4/c1-20-26(13-12-25-10-8-7-9-11-25)33-18-32-23(4)38-35(46)16-28(40(38)44-32)39-27(14-15-36(47)48-6)21(2)30(43-39)17-31-22(3)37(24(5)45)34(42-31)19-29(20)41-33/h7-13,17-19,21,24,27,43,45-46H,14-16H2,1-6H3/b13-12+,30-17?,33-18?,34-19?,39-28?/t21-,24?,27-/m0/s1. The van der Waals surface area contributed by atoms with Gasteiger partial charge in [0.2, 0.25) is 0 Å². The number of carbonyl (C=O) groups excluding carboxylic acids is 1. The van der Waals surface area contributed by atoms with Crippen molar-refractivity contribution in [2.45, 2.75) is 60.0 Å².